The summed E-state index contributed by atoms with van der Waals surface area (Å²) in [5, 5.41) is 4.00. The zero-order valence-corrected chi connectivity index (χ0v) is 20.7. The Morgan fingerprint density at radius 1 is 1.00 bits per heavy atom. The van der Waals surface area contributed by atoms with E-state index < -0.39 is 0 Å². The van der Waals surface area contributed by atoms with Crippen molar-refractivity contribution in [2.24, 2.45) is 0 Å². The number of fused-ring (bicyclic) bond motifs is 1. The van der Waals surface area contributed by atoms with Crippen LogP contribution in [-0.2, 0) is 17.9 Å². The van der Waals surface area contributed by atoms with Gasteiger partial charge in [0.15, 0.2) is 0 Å². The molecule has 1 N–H and O–H groups in total. The molecular weight excluding hydrogens is 438 g/mol. The Morgan fingerprint density at radius 2 is 1.74 bits per heavy atom. The standard InChI is InChI=1S/C30H31NO4/c1-5-33-29-22(4)30-27(21(3)18-35-30)16-26(29)20(2)15-28(32)31-17-23-11-13-25(14-12-23)34-19-24-9-7-6-8-10-24/h6-16,18H,5,17,19H2,1-4H3,(H,31,32)/b20-15+. The second-order valence-corrected chi connectivity index (χ2v) is 8.57. The molecule has 0 saturated carbocycles. The predicted octanol–water partition coefficient (Wildman–Crippen LogP) is 6.75. The monoisotopic (exact) mass is 469 g/mol. The van der Waals surface area contributed by atoms with Crippen molar-refractivity contribution in [3.63, 3.8) is 0 Å². The first kappa shape index (κ1) is 24.1. The topological polar surface area (TPSA) is 60.7 Å². The molecule has 0 fully saturated rings. The fourth-order valence-corrected chi connectivity index (χ4v) is 4.02. The van der Waals surface area contributed by atoms with E-state index in [-0.39, 0.29) is 5.91 Å². The number of furan rings is 1. The van der Waals surface area contributed by atoms with Crippen LogP contribution in [0.5, 0.6) is 11.5 Å². The third-order valence-corrected chi connectivity index (χ3v) is 5.94. The Bertz CT molecular complexity index is 1330. The van der Waals surface area contributed by atoms with Gasteiger partial charge in [0.2, 0.25) is 5.91 Å². The van der Waals surface area contributed by atoms with Crippen LogP contribution in [0.15, 0.2) is 77.4 Å². The zero-order chi connectivity index (χ0) is 24.8. The van der Waals surface area contributed by atoms with Gasteiger partial charge in [-0.2, -0.15) is 0 Å². The third kappa shape index (κ3) is 5.75. The first-order valence-electron chi connectivity index (χ1n) is 11.8. The minimum Gasteiger partial charge on any atom is -0.493 e. The molecule has 0 aliphatic heterocycles. The molecular formula is C30H31NO4. The number of hydrogen-bond donors (Lipinski definition) is 1. The molecule has 0 radical (unpaired) electrons. The first-order chi connectivity index (χ1) is 17.0. The fourth-order valence-electron chi connectivity index (χ4n) is 4.02. The van der Waals surface area contributed by atoms with Crippen LogP contribution in [-0.4, -0.2) is 12.5 Å². The lowest BCUT2D eigenvalue weighted by Gasteiger charge is -2.14. The number of carbonyl (C=O) groups is 1. The van der Waals surface area contributed by atoms with Crippen molar-refractivity contribution >= 4 is 22.4 Å². The smallest absolute Gasteiger partial charge is 0.244 e. The van der Waals surface area contributed by atoms with Crippen molar-refractivity contribution < 1.29 is 18.7 Å². The summed E-state index contributed by atoms with van der Waals surface area (Å²) >= 11 is 0. The van der Waals surface area contributed by atoms with Crippen LogP contribution in [0.25, 0.3) is 16.5 Å². The van der Waals surface area contributed by atoms with E-state index >= 15 is 0 Å². The molecule has 180 valence electrons. The van der Waals surface area contributed by atoms with Gasteiger partial charge in [0.25, 0.3) is 0 Å². The highest BCUT2D eigenvalue weighted by molar-refractivity contribution is 5.98. The van der Waals surface area contributed by atoms with Gasteiger partial charge in [0, 0.05) is 29.1 Å². The lowest BCUT2D eigenvalue weighted by atomic mass is 9.98. The SMILES string of the molecule is CCOc1c(/C(C)=C/C(=O)NCc2ccc(OCc3ccccc3)cc2)cc2c(C)coc2c1C. The third-order valence-electron chi connectivity index (χ3n) is 5.94. The summed E-state index contributed by atoms with van der Waals surface area (Å²) in [4.78, 5) is 12.7. The molecule has 1 aromatic heterocycles. The zero-order valence-electron chi connectivity index (χ0n) is 20.7. The second-order valence-electron chi connectivity index (χ2n) is 8.57. The highest BCUT2D eigenvalue weighted by Crippen LogP contribution is 2.37. The minimum absolute atomic E-state index is 0.156. The van der Waals surface area contributed by atoms with E-state index in [1.807, 2.05) is 88.4 Å². The molecule has 0 spiro atoms. The summed E-state index contributed by atoms with van der Waals surface area (Å²) in [6.07, 6.45) is 3.37. The largest absolute Gasteiger partial charge is 0.493 e. The summed E-state index contributed by atoms with van der Waals surface area (Å²) in [5.74, 6) is 1.39. The highest BCUT2D eigenvalue weighted by atomic mass is 16.5. The van der Waals surface area contributed by atoms with E-state index in [0.29, 0.717) is 19.8 Å². The number of hydrogen-bond acceptors (Lipinski definition) is 4. The molecule has 5 heteroatoms. The van der Waals surface area contributed by atoms with E-state index in [9.17, 15) is 4.79 Å². The van der Waals surface area contributed by atoms with E-state index in [4.69, 9.17) is 13.9 Å². The molecule has 35 heavy (non-hydrogen) atoms. The van der Waals surface area contributed by atoms with E-state index in [1.54, 1.807) is 12.3 Å². The molecule has 1 heterocycles. The van der Waals surface area contributed by atoms with Gasteiger partial charge < -0.3 is 19.2 Å². The Morgan fingerprint density at radius 3 is 2.46 bits per heavy atom. The number of carbonyl (C=O) groups excluding carboxylic acids is 1. The lowest BCUT2D eigenvalue weighted by Crippen LogP contribution is -2.20. The van der Waals surface area contributed by atoms with Crippen LogP contribution in [0.1, 0.15) is 41.7 Å². The molecule has 0 aliphatic carbocycles. The van der Waals surface area contributed by atoms with Crippen LogP contribution in [0, 0.1) is 13.8 Å². The van der Waals surface area contributed by atoms with Gasteiger partial charge >= 0.3 is 0 Å². The molecule has 1 amide bonds. The molecule has 0 unspecified atom stereocenters. The van der Waals surface area contributed by atoms with E-state index in [1.165, 1.54) is 0 Å². The first-order valence-corrected chi connectivity index (χ1v) is 11.8. The number of allylic oxidation sites excluding steroid dienone is 1. The average Bonchev–Trinajstić information content (AvgIpc) is 3.25. The summed E-state index contributed by atoms with van der Waals surface area (Å²) < 4.78 is 17.5. The Labute approximate surface area is 206 Å². The van der Waals surface area contributed by atoms with Crippen molar-refractivity contribution in [1.29, 1.82) is 0 Å². The summed E-state index contributed by atoms with van der Waals surface area (Å²) in [7, 11) is 0. The van der Waals surface area contributed by atoms with E-state index in [2.05, 4.69) is 5.32 Å². The number of aryl methyl sites for hydroxylation is 2. The maximum absolute atomic E-state index is 12.7. The number of ether oxygens (including phenoxy) is 2. The van der Waals surface area contributed by atoms with Crippen LogP contribution < -0.4 is 14.8 Å². The van der Waals surface area contributed by atoms with E-state index in [0.717, 1.165) is 55.9 Å². The predicted molar refractivity (Wildman–Crippen MR) is 140 cm³/mol. The molecule has 0 saturated heterocycles. The van der Waals surface area contributed by atoms with Crippen molar-refractivity contribution in [1.82, 2.24) is 5.32 Å². The molecule has 4 rings (SSSR count). The normalized spacial score (nSPS) is 11.5. The summed E-state index contributed by atoms with van der Waals surface area (Å²) in [6, 6.07) is 19.9. The number of nitrogens with one attached hydrogen (secondary N) is 1. The van der Waals surface area contributed by atoms with Crippen molar-refractivity contribution in [3.05, 3.63) is 101 Å². The Hall–Kier alpha value is -3.99. The van der Waals surface area contributed by atoms with Gasteiger partial charge in [0.1, 0.15) is 23.7 Å². The summed E-state index contributed by atoms with van der Waals surface area (Å²) in [5.41, 5.74) is 6.67. The quantitative estimate of drug-likeness (QED) is 0.276. The van der Waals surface area contributed by atoms with Crippen LogP contribution in [0.3, 0.4) is 0 Å². The average molecular weight is 470 g/mol. The molecule has 0 aliphatic rings. The molecule has 0 bridgehead atoms. The van der Waals surface area contributed by atoms with Crippen molar-refractivity contribution in [2.75, 3.05) is 6.61 Å². The molecule has 3 aromatic carbocycles. The highest BCUT2D eigenvalue weighted by Gasteiger charge is 2.17. The van der Waals surface area contributed by atoms with Crippen molar-refractivity contribution in [2.45, 2.75) is 40.8 Å². The molecule has 0 atom stereocenters. The number of amides is 1. The lowest BCUT2D eigenvalue weighted by molar-refractivity contribution is -0.116. The summed E-state index contributed by atoms with van der Waals surface area (Å²) in [6.45, 7) is 9.36. The van der Waals surface area contributed by atoms with Crippen LogP contribution in [0.2, 0.25) is 0 Å². The van der Waals surface area contributed by atoms with Gasteiger partial charge in [0.05, 0.1) is 12.9 Å². The minimum atomic E-state index is -0.156. The van der Waals surface area contributed by atoms with Gasteiger partial charge in [-0.3, -0.25) is 4.79 Å². The Balaban J connectivity index is 1.41. The van der Waals surface area contributed by atoms with Crippen LogP contribution in [0.4, 0.5) is 0 Å². The molecule has 5 nitrogen and oxygen atoms in total. The van der Waals surface area contributed by atoms with Gasteiger partial charge in [-0.15, -0.1) is 0 Å². The fraction of sp³-hybridized carbons (Fsp3) is 0.233. The molecule has 4 aromatic rings. The van der Waals surface area contributed by atoms with Crippen LogP contribution >= 0.6 is 0 Å². The number of benzene rings is 3. The Kier molecular flexibility index (Phi) is 7.56. The van der Waals surface area contributed by atoms with Crippen molar-refractivity contribution in [3.8, 4) is 11.5 Å². The second kappa shape index (κ2) is 11.0. The maximum atomic E-state index is 12.7. The van der Waals surface area contributed by atoms with Gasteiger partial charge in [-0.25, -0.2) is 0 Å². The van der Waals surface area contributed by atoms with Gasteiger partial charge in [-0.1, -0.05) is 42.5 Å². The maximum Gasteiger partial charge on any atom is 0.244 e. The number of rotatable bonds is 9. The van der Waals surface area contributed by atoms with Gasteiger partial charge in [-0.05, 0) is 68.2 Å².